The maximum atomic E-state index is 12.9. The third-order valence-electron chi connectivity index (χ3n) is 7.31. The van der Waals surface area contributed by atoms with E-state index in [1.165, 1.54) is 17.1 Å². The van der Waals surface area contributed by atoms with E-state index in [9.17, 15) is 9.59 Å². The van der Waals surface area contributed by atoms with Crippen LogP contribution in [-0.2, 0) is 16.6 Å². The molecule has 5 rings (SSSR count). The minimum atomic E-state index is -0.411. The van der Waals surface area contributed by atoms with Gasteiger partial charge in [0.05, 0.1) is 29.9 Å². The lowest BCUT2D eigenvalue weighted by molar-refractivity contribution is -0.124. The minimum Gasteiger partial charge on any atom is -0.494 e. The molecule has 0 atom stereocenters. The third kappa shape index (κ3) is 6.21. The van der Waals surface area contributed by atoms with Gasteiger partial charge in [0.25, 0.3) is 0 Å². The average Bonchev–Trinajstić information content (AvgIpc) is 3.33. The summed E-state index contributed by atoms with van der Waals surface area (Å²) in [7, 11) is 8.98. The zero-order valence-corrected chi connectivity index (χ0v) is 24.6. The standard InChI is InChI=1S/C31H36N8O3/c1-36(2)30(41)11-10-29(40)33-24-18-25(28(42-5)19-27(24)39-16-14-37(3)15-17-39)35-31-32-13-12-23(34-31)22-20-38(4)26-9-7-6-8-21(22)26/h6-13,18-20H,14-17H2,1-5H3,(H,33,40)(H,32,34,35)/b11-10+. The van der Waals surface area contributed by atoms with E-state index in [2.05, 4.69) is 55.4 Å². The lowest BCUT2D eigenvalue weighted by Gasteiger charge is -2.35. The van der Waals surface area contributed by atoms with Crippen molar-refractivity contribution in [3.63, 3.8) is 0 Å². The number of carbonyl (C=O) groups excluding carboxylic acids is 2. The fourth-order valence-electron chi connectivity index (χ4n) is 4.95. The van der Waals surface area contributed by atoms with Crippen LogP contribution in [-0.4, -0.2) is 90.6 Å². The van der Waals surface area contributed by atoms with Gasteiger partial charge in [-0.2, -0.15) is 0 Å². The van der Waals surface area contributed by atoms with Crippen LogP contribution in [0.25, 0.3) is 22.2 Å². The summed E-state index contributed by atoms with van der Waals surface area (Å²) in [6.07, 6.45) is 6.27. The highest BCUT2D eigenvalue weighted by Gasteiger charge is 2.21. The number of hydrogen-bond acceptors (Lipinski definition) is 8. The van der Waals surface area contributed by atoms with Gasteiger partial charge in [-0.25, -0.2) is 9.97 Å². The molecular formula is C31H36N8O3. The van der Waals surface area contributed by atoms with E-state index in [4.69, 9.17) is 9.72 Å². The second-order valence-electron chi connectivity index (χ2n) is 10.5. The second kappa shape index (κ2) is 12.3. The Kier molecular flexibility index (Phi) is 8.39. The summed E-state index contributed by atoms with van der Waals surface area (Å²) in [5.74, 6) is 0.287. The van der Waals surface area contributed by atoms with Gasteiger partial charge in [0.2, 0.25) is 17.8 Å². The van der Waals surface area contributed by atoms with Gasteiger partial charge in [-0.05, 0) is 25.2 Å². The van der Waals surface area contributed by atoms with Gasteiger partial charge < -0.3 is 34.6 Å². The van der Waals surface area contributed by atoms with E-state index in [1.54, 1.807) is 27.4 Å². The molecule has 4 aromatic rings. The Balaban J connectivity index is 1.49. The highest BCUT2D eigenvalue weighted by atomic mass is 16.5. The van der Waals surface area contributed by atoms with E-state index < -0.39 is 5.91 Å². The van der Waals surface area contributed by atoms with Crippen LogP contribution in [0.1, 0.15) is 0 Å². The Bertz CT molecular complexity index is 1640. The number of amides is 2. The topological polar surface area (TPSA) is 108 Å². The second-order valence-corrected chi connectivity index (χ2v) is 10.5. The van der Waals surface area contributed by atoms with Gasteiger partial charge in [0, 0.05) is 94.4 Å². The number of likely N-dealkylation sites (N-methyl/N-ethyl adjacent to an activating group) is 2. The summed E-state index contributed by atoms with van der Waals surface area (Å²) < 4.78 is 7.85. The van der Waals surface area contributed by atoms with Gasteiger partial charge in [-0.3, -0.25) is 9.59 Å². The van der Waals surface area contributed by atoms with Crippen LogP contribution in [0.3, 0.4) is 0 Å². The van der Waals surface area contributed by atoms with Crippen molar-refractivity contribution in [2.75, 3.05) is 70.0 Å². The Labute approximate surface area is 245 Å². The number of rotatable bonds is 8. The molecule has 2 N–H and O–H groups in total. The van der Waals surface area contributed by atoms with E-state index in [-0.39, 0.29) is 5.91 Å². The number of nitrogens with zero attached hydrogens (tertiary/aromatic N) is 6. The van der Waals surface area contributed by atoms with Crippen LogP contribution < -0.4 is 20.3 Å². The first-order chi connectivity index (χ1) is 20.2. The first-order valence-corrected chi connectivity index (χ1v) is 13.7. The van der Waals surface area contributed by atoms with Crippen LogP contribution in [0.4, 0.5) is 23.0 Å². The van der Waals surface area contributed by atoms with E-state index in [0.717, 1.165) is 54.0 Å². The monoisotopic (exact) mass is 568 g/mol. The van der Waals surface area contributed by atoms with Crippen LogP contribution in [0.15, 0.2) is 67.0 Å². The van der Waals surface area contributed by atoms with Crippen LogP contribution in [0.5, 0.6) is 5.75 Å². The molecule has 11 heteroatoms. The number of methoxy groups -OCH3 is 1. The predicted molar refractivity (Wildman–Crippen MR) is 166 cm³/mol. The van der Waals surface area contributed by atoms with Crippen LogP contribution in [0.2, 0.25) is 0 Å². The largest absolute Gasteiger partial charge is 0.494 e. The quantitative estimate of drug-likeness (QED) is 0.310. The number of ether oxygens (including phenoxy) is 1. The molecule has 1 aliphatic heterocycles. The van der Waals surface area contributed by atoms with Crippen molar-refractivity contribution >= 4 is 45.7 Å². The number of fused-ring (bicyclic) bond motifs is 1. The maximum absolute atomic E-state index is 12.9. The molecule has 0 bridgehead atoms. The third-order valence-corrected chi connectivity index (χ3v) is 7.31. The summed E-state index contributed by atoms with van der Waals surface area (Å²) in [4.78, 5) is 40.0. The summed E-state index contributed by atoms with van der Waals surface area (Å²) in [6.45, 7) is 3.37. The van der Waals surface area contributed by atoms with Gasteiger partial charge in [-0.15, -0.1) is 0 Å². The molecule has 0 unspecified atom stereocenters. The van der Waals surface area contributed by atoms with E-state index in [0.29, 0.717) is 23.1 Å². The number of benzene rings is 2. The number of hydrogen-bond donors (Lipinski definition) is 2. The number of carbonyl (C=O) groups is 2. The molecule has 0 saturated carbocycles. The molecule has 11 nitrogen and oxygen atoms in total. The number of aryl methyl sites for hydroxylation is 1. The minimum absolute atomic E-state index is 0.273. The van der Waals surface area contributed by atoms with E-state index in [1.807, 2.05) is 37.4 Å². The first-order valence-electron chi connectivity index (χ1n) is 13.7. The predicted octanol–water partition coefficient (Wildman–Crippen LogP) is 3.72. The van der Waals surface area contributed by atoms with Crippen LogP contribution in [0, 0.1) is 0 Å². The fourth-order valence-corrected chi connectivity index (χ4v) is 4.95. The number of nitrogens with one attached hydrogen (secondary N) is 2. The highest BCUT2D eigenvalue weighted by Crippen LogP contribution is 2.39. The van der Waals surface area contributed by atoms with Crippen molar-refractivity contribution in [3.8, 4) is 17.0 Å². The number of anilines is 4. The Morgan fingerprint density at radius 2 is 1.76 bits per heavy atom. The van der Waals surface area contributed by atoms with Crippen molar-refractivity contribution in [2.45, 2.75) is 0 Å². The molecule has 2 aromatic carbocycles. The van der Waals surface area contributed by atoms with Gasteiger partial charge in [0.15, 0.2) is 0 Å². The van der Waals surface area contributed by atoms with Crippen molar-refractivity contribution in [1.29, 1.82) is 0 Å². The molecule has 218 valence electrons. The maximum Gasteiger partial charge on any atom is 0.248 e. The number of para-hydroxylation sites is 1. The summed E-state index contributed by atoms with van der Waals surface area (Å²) in [6, 6.07) is 13.8. The summed E-state index contributed by atoms with van der Waals surface area (Å²) in [5.41, 5.74) is 4.90. The molecule has 0 radical (unpaired) electrons. The lowest BCUT2D eigenvalue weighted by atomic mass is 10.1. The average molecular weight is 569 g/mol. The Morgan fingerprint density at radius 3 is 2.50 bits per heavy atom. The molecule has 2 aromatic heterocycles. The number of aromatic nitrogens is 3. The van der Waals surface area contributed by atoms with Crippen molar-refractivity contribution in [2.24, 2.45) is 7.05 Å². The van der Waals surface area contributed by atoms with E-state index >= 15 is 0 Å². The van der Waals surface area contributed by atoms with Crippen molar-refractivity contribution < 1.29 is 14.3 Å². The van der Waals surface area contributed by atoms with Crippen molar-refractivity contribution in [3.05, 3.63) is 67.0 Å². The molecule has 42 heavy (non-hydrogen) atoms. The Morgan fingerprint density at radius 1 is 1.00 bits per heavy atom. The first kappa shape index (κ1) is 28.6. The van der Waals surface area contributed by atoms with Gasteiger partial charge >= 0.3 is 0 Å². The molecule has 1 fully saturated rings. The summed E-state index contributed by atoms with van der Waals surface area (Å²) in [5, 5.41) is 7.36. The van der Waals surface area contributed by atoms with Gasteiger partial charge in [-0.1, -0.05) is 18.2 Å². The molecule has 1 aliphatic rings. The summed E-state index contributed by atoms with van der Waals surface area (Å²) >= 11 is 0. The normalized spacial score (nSPS) is 13.9. The highest BCUT2D eigenvalue weighted by molar-refractivity contribution is 6.05. The number of piperazine rings is 1. The SMILES string of the molecule is COc1cc(N2CCN(C)CC2)c(NC(=O)/C=C/C(=O)N(C)C)cc1Nc1nccc(-c2cn(C)c3ccccc23)n1. The zero-order chi connectivity index (χ0) is 29.8. The molecule has 2 amide bonds. The Hall–Kier alpha value is -4.90. The molecule has 1 saturated heterocycles. The van der Waals surface area contributed by atoms with Crippen molar-refractivity contribution in [1.82, 2.24) is 24.3 Å². The zero-order valence-electron chi connectivity index (χ0n) is 24.6. The smallest absolute Gasteiger partial charge is 0.248 e. The molecule has 0 spiro atoms. The fraction of sp³-hybridized carbons (Fsp3) is 0.290. The molecular weight excluding hydrogens is 532 g/mol. The van der Waals surface area contributed by atoms with Crippen LogP contribution >= 0.6 is 0 Å². The lowest BCUT2D eigenvalue weighted by Crippen LogP contribution is -2.44. The molecule has 3 heterocycles. The molecule has 0 aliphatic carbocycles. The van der Waals surface area contributed by atoms with Gasteiger partial charge in [0.1, 0.15) is 5.75 Å².